The Kier molecular flexibility index (Phi) is 5.40. The number of benzene rings is 3. The van der Waals surface area contributed by atoms with E-state index in [4.69, 9.17) is 11.6 Å². The lowest BCUT2D eigenvalue weighted by atomic mass is 10.2. The maximum absolute atomic E-state index is 13.2. The van der Waals surface area contributed by atoms with Crippen molar-refractivity contribution in [1.82, 2.24) is 9.66 Å². The smallest absolute Gasteiger partial charge is 0.280 e. The molecule has 0 aliphatic heterocycles. The maximum Gasteiger partial charge on any atom is 0.280 e. The number of fused-ring (bicyclic) bond motifs is 1. The van der Waals surface area contributed by atoms with Crippen LogP contribution in [0.4, 0.5) is 5.69 Å². The standard InChI is InChI=1S/C21H15BrClN3O3S/c1-13-9-16-20(17(22)10-13)24-12-26(21(16)27)25-18-11-14(23)7-8-19(18)30(28,29)15-5-3-2-4-6-15/h2-12,25H,1H3. The van der Waals surface area contributed by atoms with Crippen LogP contribution in [0.15, 0.2) is 86.0 Å². The fourth-order valence-corrected chi connectivity index (χ4v) is 5.35. The second kappa shape index (κ2) is 7.86. The van der Waals surface area contributed by atoms with Crippen LogP contribution in [0.5, 0.6) is 0 Å². The summed E-state index contributed by atoms with van der Waals surface area (Å²) in [5.41, 5.74) is 4.06. The van der Waals surface area contributed by atoms with Gasteiger partial charge in [0.2, 0.25) is 9.84 Å². The number of nitrogens with one attached hydrogen (secondary N) is 1. The highest BCUT2D eigenvalue weighted by molar-refractivity contribution is 9.10. The number of hydrogen-bond acceptors (Lipinski definition) is 5. The third-order valence-corrected chi connectivity index (χ3v) is 7.15. The van der Waals surface area contributed by atoms with Crippen LogP contribution in [0.25, 0.3) is 10.9 Å². The molecule has 1 heterocycles. The zero-order valence-corrected chi connectivity index (χ0v) is 18.8. The van der Waals surface area contributed by atoms with Crippen molar-refractivity contribution >= 4 is 54.0 Å². The van der Waals surface area contributed by atoms with Crippen molar-refractivity contribution in [3.05, 3.63) is 92.4 Å². The molecule has 0 radical (unpaired) electrons. The lowest BCUT2D eigenvalue weighted by Gasteiger charge is -2.15. The number of rotatable bonds is 4. The van der Waals surface area contributed by atoms with E-state index in [1.807, 2.05) is 13.0 Å². The summed E-state index contributed by atoms with van der Waals surface area (Å²) in [4.78, 5) is 17.5. The Morgan fingerprint density at radius 1 is 1.07 bits per heavy atom. The van der Waals surface area contributed by atoms with Crippen LogP contribution in [0, 0.1) is 6.92 Å². The summed E-state index contributed by atoms with van der Waals surface area (Å²) in [7, 11) is -3.84. The Morgan fingerprint density at radius 2 is 1.80 bits per heavy atom. The minimum atomic E-state index is -3.84. The fourth-order valence-electron chi connectivity index (χ4n) is 3.09. The number of sulfone groups is 1. The molecule has 4 aromatic rings. The first-order valence-electron chi connectivity index (χ1n) is 8.81. The van der Waals surface area contributed by atoms with Crippen LogP contribution in [0.3, 0.4) is 0 Å². The number of halogens is 2. The molecule has 30 heavy (non-hydrogen) atoms. The van der Waals surface area contributed by atoms with Crippen molar-refractivity contribution in [2.24, 2.45) is 0 Å². The molecular weight excluding hydrogens is 490 g/mol. The normalized spacial score (nSPS) is 11.6. The van der Waals surface area contributed by atoms with Crippen LogP contribution < -0.4 is 11.0 Å². The number of aryl methyl sites for hydroxylation is 1. The average Bonchev–Trinajstić information content (AvgIpc) is 2.71. The lowest BCUT2D eigenvalue weighted by molar-refractivity contribution is 0.596. The summed E-state index contributed by atoms with van der Waals surface area (Å²) in [6, 6.07) is 16.0. The summed E-state index contributed by atoms with van der Waals surface area (Å²) in [5.74, 6) is 0. The molecule has 6 nitrogen and oxygen atoms in total. The van der Waals surface area contributed by atoms with Crippen molar-refractivity contribution in [2.75, 3.05) is 5.43 Å². The van der Waals surface area contributed by atoms with Gasteiger partial charge in [0.1, 0.15) is 6.33 Å². The van der Waals surface area contributed by atoms with Crippen molar-refractivity contribution < 1.29 is 8.42 Å². The van der Waals surface area contributed by atoms with Crippen molar-refractivity contribution in [3.8, 4) is 0 Å². The number of nitrogens with zero attached hydrogens (tertiary/aromatic N) is 2. The SMILES string of the molecule is Cc1cc(Br)c2ncn(Nc3cc(Cl)ccc3S(=O)(=O)c3ccccc3)c(=O)c2c1. The molecule has 0 saturated carbocycles. The Hall–Kier alpha value is -2.68. The fraction of sp³-hybridized carbons (Fsp3) is 0.0476. The van der Waals surface area contributed by atoms with Gasteiger partial charge in [-0.05, 0) is 70.9 Å². The van der Waals surface area contributed by atoms with E-state index in [0.717, 1.165) is 10.2 Å². The molecule has 0 atom stereocenters. The number of hydrogen-bond donors (Lipinski definition) is 1. The van der Waals surface area contributed by atoms with Crippen molar-refractivity contribution in [1.29, 1.82) is 0 Å². The van der Waals surface area contributed by atoms with Gasteiger partial charge in [0.05, 0.1) is 26.4 Å². The van der Waals surface area contributed by atoms with Crippen molar-refractivity contribution in [2.45, 2.75) is 16.7 Å². The van der Waals surface area contributed by atoms with Gasteiger partial charge >= 0.3 is 0 Å². The molecule has 9 heteroatoms. The van der Waals surface area contributed by atoms with E-state index < -0.39 is 9.84 Å². The van der Waals surface area contributed by atoms with E-state index in [-0.39, 0.29) is 21.0 Å². The summed E-state index contributed by atoms with van der Waals surface area (Å²) in [5, 5.41) is 0.719. The molecule has 0 bridgehead atoms. The maximum atomic E-state index is 13.2. The van der Waals surface area contributed by atoms with Crippen LogP contribution in [0.1, 0.15) is 5.56 Å². The second-order valence-electron chi connectivity index (χ2n) is 6.63. The third-order valence-electron chi connectivity index (χ3n) is 4.48. The molecule has 4 rings (SSSR count). The molecule has 0 fully saturated rings. The van der Waals surface area contributed by atoms with Crippen molar-refractivity contribution in [3.63, 3.8) is 0 Å². The van der Waals surface area contributed by atoms with E-state index in [0.29, 0.717) is 20.4 Å². The zero-order valence-electron chi connectivity index (χ0n) is 15.6. The molecule has 0 saturated heterocycles. The molecule has 1 N–H and O–H groups in total. The Labute approximate surface area is 186 Å². The molecular formula is C21H15BrClN3O3S. The summed E-state index contributed by atoms with van der Waals surface area (Å²) < 4.78 is 28.1. The van der Waals surface area contributed by atoms with Crippen LogP contribution in [-0.2, 0) is 9.84 Å². The predicted octanol–water partition coefficient (Wildman–Crippen LogP) is 4.83. The van der Waals surface area contributed by atoms with Gasteiger partial charge in [-0.2, -0.15) is 0 Å². The van der Waals surface area contributed by atoms with Gasteiger partial charge in [0, 0.05) is 9.50 Å². The van der Waals surface area contributed by atoms with E-state index in [9.17, 15) is 13.2 Å². The molecule has 0 spiro atoms. The molecule has 3 aromatic carbocycles. The predicted molar refractivity (Wildman–Crippen MR) is 121 cm³/mol. The largest absolute Gasteiger partial charge is 0.289 e. The minimum Gasteiger partial charge on any atom is -0.289 e. The number of anilines is 1. The monoisotopic (exact) mass is 503 g/mol. The quantitative estimate of drug-likeness (QED) is 0.431. The Balaban J connectivity index is 1.86. The minimum absolute atomic E-state index is 0.00415. The summed E-state index contributed by atoms with van der Waals surface area (Å²) >= 11 is 9.53. The van der Waals surface area contributed by atoms with E-state index in [2.05, 4.69) is 26.3 Å². The molecule has 1 aromatic heterocycles. The zero-order chi connectivity index (χ0) is 21.5. The van der Waals surface area contributed by atoms with E-state index in [1.165, 1.54) is 36.7 Å². The highest BCUT2D eigenvalue weighted by atomic mass is 79.9. The van der Waals surface area contributed by atoms with Gasteiger partial charge in [-0.25, -0.2) is 18.1 Å². The van der Waals surface area contributed by atoms with Gasteiger partial charge < -0.3 is 0 Å². The van der Waals surface area contributed by atoms with Crippen LogP contribution in [0.2, 0.25) is 5.02 Å². The Bertz CT molecular complexity index is 1440. The van der Waals surface area contributed by atoms with Gasteiger partial charge in [0.15, 0.2) is 0 Å². The summed E-state index contributed by atoms with van der Waals surface area (Å²) in [6.07, 6.45) is 1.31. The molecule has 0 unspecified atom stereocenters. The molecule has 0 aliphatic rings. The van der Waals surface area contributed by atoms with Gasteiger partial charge in [-0.15, -0.1) is 0 Å². The van der Waals surface area contributed by atoms with Crippen LogP contribution >= 0.6 is 27.5 Å². The first kappa shape index (κ1) is 20.6. The first-order chi connectivity index (χ1) is 14.3. The first-order valence-corrected chi connectivity index (χ1v) is 11.5. The second-order valence-corrected chi connectivity index (χ2v) is 9.84. The highest BCUT2D eigenvalue weighted by Crippen LogP contribution is 2.30. The highest BCUT2D eigenvalue weighted by Gasteiger charge is 2.22. The van der Waals surface area contributed by atoms with Crippen LogP contribution in [-0.4, -0.2) is 18.1 Å². The molecule has 0 amide bonds. The molecule has 0 aliphatic carbocycles. The molecule has 152 valence electrons. The third kappa shape index (κ3) is 3.74. The lowest BCUT2D eigenvalue weighted by Crippen LogP contribution is -2.27. The Morgan fingerprint density at radius 3 is 2.53 bits per heavy atom. The topological polar surface area (TPSA) is 81.1 Å². The number of aromatic nitrogens is 2. The van der Waals surface area contributed by atoms with Gasteiger partial charge in [-0.3, -0.25) is 10.2 Å². The summed E-state index contributed by atoms with van der Waals surface area (Å²) in [6.45, 7) is 1.87. The van der Waals surface area contributed by atoms with Gasteiger partial charge in [0.25, 0.3) is 5.56 Å². The van der Waals surface area contributed by atoms with E-state index in [1.54, 1.807) is 24.3 Å². The van der Waals surface area contributed by atoms with Gasteiger partial charge in [-0.1, -0.05) is 29.8 Å². The van der Waals surface area contributed by atoms with E-state index >= 15 is 0 Å². The average molecular weight is 505 g/mol.